The van der Waals surface area contributed by atoms with E-state index in [1.807, 2.05) is 0 Å². The number of amides is 1. The smallest absolute Gasteiger partial charge is 0.374 e. The van der Waals surface area contributed by atoms with Gasteiger partial charge in [-0.05, 0) is 23.3 Å². The van der Waals surface area contributed by atoms with Crippen molar-refractivity contribution in [3.8, 4) is 0 Å². The normalized spacial score (nSPS) is 21.9. The number of halogens is 9. The van der Waals surface area contributed by atoms with Crippen molar-refractivity contribution >= 4 is 45.6 Å². The van der Waals surface area contributed by atoms with Crippen molar-refractivity contribution in [3.05, 3.63) is 68.7 Å². The Kier molecular flexibility index (Phi) is 7.28. The van der Waals surface area contributed by atoms with Gasteiger partial charge in [0.15, 0.2) is 5.67 Å². The lowest BCUT2D eigenvalue weighted by molar-refractivity contribution is -0.276. The number of hydrogen-bond donors (Lipinski definition) is 0. The Labute approximate surface area is 224 Å². The van der Waals surface area contributed by atoms with Crippen LogP contribution < -0.4 is 0 Å². The lowest BCUT2D eigenvalue weighted by Gasteiger charge is -2.44. The Morgan fingerprint density at radius 1 is 1.08 bits per heavy atom. The molecule has 1 amide bonds. The predicted octanol–water partition coefficient (Wildman–Crippen LogP) is 5.98. The van der Waals surface area contributed by atoms with Gasteiger partial charge in [0.2, 0.25) is 5.91 Å². The Bertz CT molecular complexity index is 1330. The van der Waals surface area contributed by atoms with E-state index in [9.17, 15) is 35.3 Å². The van der Waals surface area contributed by atoms with Crippen LogP contribution in [0.4, 0.5) is 30.7 Å². The number of oxime groups is 1. The zero-order valence-corrected chi connectivity index (χ0v) is 21.5. The zero-order valence-electron chi connectivity index (χ0n) is 19.2. The third kappa shape index (κ3) is 5.12. The van der Waals surface area contributed by atoms with Crippen molar-refractivity contribution in [1.29, 1.82) is 0 Å². The van der Waals surface area contributed by atoms with Gasteiger partial charge in [0.05, 0.1) is 34.4 Å². The summed E-state index contributed by atoms with van der Waals surface area (Å²) in [6.45, 7) is -0.551. The van der Waals surface area contributed by atoms with Gasteiger partial charge in [0.25, 0.3) is 5.60 Å². The summed E-state index contributed by atoms with van der Waals surface area (Å²) in [6.07, 6.45) is -9.92. The minimum absolute atomic E-state index is 0.119. The summed E-state index contributed by atoms with van der Waals surface area (Å²) in [7, 11) is -1.38. The molecule has 4 rings (SSSR count). The predicted molar refractivity (Wildman–Crippen MR) is 126 cm³/mol. The van der Waals surface area contributed by atoms with Crippen molar-refractivity contribution < 1.29 is 44.6 Å². The lowest BCUT2D eigenvalue weighted by atomic mass is 9.84. The van der Waals surface area contributed by atoms with E-state index in [0.29, 0.717) is 6.07 Å². The van der Waals surface area contributed by atoms with Crippen molar-refractivity contribution in [1.82, 2.24) is 4.90 Å². The van der Waals surface area contributed by atoms with E-state index in [1.54, 1.807) is 0 Å². The largest absolute Gasteiger partial charge is 0.435 e. The molecule has 0 N–H and O–H groups in total. The van der Waals surface area contributed by atoms with Gasteiger partial charge in [-0.25, -0.2) is 4.39 Å². The summed E-state index contributed by atoms with van der Waals surface area (Å²) in [5.41, 5.74) is -7.63. The summed E-state index contributed by atoms with van der Waals surface area (Å²) in [5.74, 6) is -0.702. The van der Waals surface area contributed by atoms with Gasteiger partial charge >= 0.3 is 12.4 Å². The number of alkyl halides is 7. The van der Waals surface area contributed by atoms with Gasteiger partial charge in [-0.1, -0.05) is 52.6 Å². The van der Waals surface area contributed by atoms with Crippen molar-refractivity contribution in [2.24, 2.45) is 5.16 Å². The van der Waals surface area contributed by atoms with Gasteiger partial charge in [0.1, 0.15) is 5.75 Å². The molecule has 2 heterocycles. The second-order valence-electron chi connectivity index (χ2n) is 8.96. The highest BCUT2D eigenvalue weighted by Crippen LogP contribution is 2.51. The molecule has 0 aromatic heterocycles. The third-order valence-electron chi connectivity index (χ3n) is 6.28. The molecule has 38 heavy (non-hydrogen) atoms. The highest BCUT2D eigenvalue weighted by atomic mass is 35.5. The van der Waals surface area contributed by atoms with E-state index in [4.69, 9.17) is 28.0 Å². The number of likely N-dealkylation sites (tertiary alicyclic amines) is 1. The third-order valence-corrected chi connectivity index (χ3v) is 7.74. The maximum atomic E-state index is 15.2. The molecule has 0 spiro atoms. The Morgan fingerprint density at radius 3 is 2.21 bits per heavy atom. The number of rotatable bonds is 5. The Morgan fingerprint density at radius 2 is 1.68 bits per heavy atom. The van der Waals surface area contributed by atoms with Crippen LogP contribution in [0.2, 0.25) is 10.0 Å². The zero-order chi connectivity index (χ0) is 28.3. The quantitative estimate of drug-likeness (QED) is 0.395. The minimum Gasteiger partial charge on any atom is -0.374 e. The van der Waals surface area contributed by atoms with E-state index in [-0.39, 0.29) is 41.7 Å². The second-order valence-corrected chi connectivity index (χ2v) is 11.2. The fraction of sp³-hybridized carbons (Fsp3) is 0.391. The molecule has 15 heteroatoms. The second kappa shape index (κ2) is 9.67. The van der Waals surface area contributed by atoms with Crippen LogP contribution in [0.15, 0.2) is 41.6 Å². The van der Waals surface area contributed by atoms with Crippen LogP contribution in [0.1, 0.15) is 28.7 Å². The van der Waals surface area contributed by atoms with Crippen LogP contribution in [-0.2, 0) is 37.9 Å². The molecule has 5 nitrogen and oxygen atoms in total. The van der Waals surface area contributed by atoms with Gasteiger partial charge in [-0.3, -0.25) is 9.00 Å². The van der Waals surface area contributed by atoms with E-state index in [1.165, 1.54) is 35.4 Å². The summed E-state index contributed by atoms with van der Waals surface area (Å²) >= 11 is 11.3. The summed E-state index contributed by atoms with van der Waals surface area (Å²) in [6, 6.07) is 6.10. The molecule has 0 aliphatic carbocycles. The van der Waals surface area contributed by atoms with Crippen molar-refractivity contribution in [2.75, 3.05) is 25.1 Å². The van der Waals surface area contributed by atoms with E-state index >= 15 is 4.39 Å². The number of nitrogens with zero attached hydrogens (tertiary/aromatic N) is 2. The van der Waals surface area contributed by atoms with Crippen LogP contribution in [0.3, 0.4) is 0 Å². The Hall–Kier alpha value is -2.38. The maximum absolute atomic E-state index is 15.2. The molecule has 0 bridgehead atoms. The highest BCUT2D eigenvalue weighted by molar-refractivity contribution is 7.85. The molecular formula is C23H17Cl2F7N2O3S. The standard InChI is InChI=1S/C23H17Cl2F7N2O3S/c1-38(36)9-18(35)34-10-20(26,11-34)13-4-2-12(3-5-13)17-8-21(37-33-17,23(30,31)32)14-6-15(22(27,28)29)19(25)16(24)7-14/h2-7H,8-11H2,1H3. The van der Waals surface area contributed by atoms with Crippen LogP contribution >= 0.6 is 23.2 Å². The van der Waals surface area contributed by atoms with Gasteiger partial charge in [0, 0.05) is 29.0 Å². The van der Waals surface area contributed by atoms with E-state index < -0.39 is 67.9 Å². The minimum atomic E-state index is -5.20. The molecule has 2 unspecified atom stereocenters. The van der Waals surface area contributed by atoms with Crippen LogP contribution in [0.5, 0.6) is 0 Å². The lowest BCUT2D eigenvalue weighted by Crippen LogP contribution is -2.59. The molecular weight excluding hydrogens is 588 g/mol. The number of benzene rings is 2. The number of carbonyl (C=O) groups excluding carboxylic acids is 1. The fourth-order valence-electron chi connectivity index (χ4n) is 4.23. The monoisotopic (exact) mass is 604 g/mol. The molecule has 206 valence electrons. The molecule has 2 aliphatic heterocycles. The van der Waals surface area contributed by atoms with Gasteiger partial charge in [-0.2, -0.15) is 26.3 Å². The first-order valence-corrected chi connectivity index (χ1v) is 13.2. The fourth-order valence-corrected chi connectivity index (χ4v) is 5.20. The SMILES string of the molecule is CS(=O)CC(=O)N1CC(F)(c2ccc(C3=NOC(c4cc(Cl)c(Cl)c(C(F)(F)F)c4)(C(F)(F)F)C3)cc2)C1. The average molecular weight is 605 g/mol. The van der Waals surface area contributed by atoms with Crippen LogP contribution in [0.25, 0.3) is 0 Å². The van der Waals surface area contributed by atoms with E-state index in [2.05, 4.69) is 5.16 Å². The molecule has 0 saturated carbocycles. The molecule has 2 aromatic rings. The topological polar surface area (TPSA) is 59.0 Å². The summed E-state index contributed by atoms with van der Waals surface area (Å²) in [4.78, 5) is 17.9. The first kappa shape index (κ1) is 28.6. The average Bonchev–Trinajstić information content (AvgIpc) is 3.24. The molecule has 2 aromatic carbocycles. The molecule has 2 aliphatic rings. The van der Waals surface area contributed by atoms with Crippen molar-refractivity contribution in [2.45, 2.75) is 30.0 Å². The highest BCUT2D eigenvalue weighted by Gasteiger charge is 2.63. The molecule has 2 atom stereocenters. The van der Waals surface area contributed by atoms with Crippen molar-refractivity contribution in [3.63, 3.8) is 0 Å². The number of carbonyl (C=O) groups is 1. The molecule has 1 saturated heterocycles. The van der Waals surface area contributed by atoms with Crippen LogP contribution in [-0.4, -0.2) is 52.0 Å². The first-order valence-electron chi connectivity index (χ1n) is 10.7. The summed E-state index contributed by atoms with van der Waals surface area (Å²) < 4.78 is 109. The van der Waals surface area contributed by atoms with Gasteiger partial charge < -0.3 is 9.74 Å². The first-order chi connectivity index (χ1) is 17.5. The van der Waals surface area contributed by atoms with Crippen LogP contribution in [0, 0.1) is 0 Å². The number of hydrogen-bond acceptors (Lipinski definition) is 4. The van der Waals surface area contributed by atoms with E-state index in [0.717, 1.165) is 0 Å². The molecule has 1 fully saturated rings. The summed E-state index contributed by atoms with van der Waals surface area (Å²) in [5, 5.41) is 1.81. The van der Waals surface area contributed by atoms with Gasteiger partial charge in [-0.15, -0.1) is 0 Å². The Balaban J connectivity index is 1.58. The molecule has 0 radical (unpaired) electrons. The maximum Gasteiger partial charge on any atom is 0.435 e.